The second-order valence-corrected chi connectivity index (χ2v) is 9.00. The predicted molar refractivity (Wildman–Crippen MR) is 88.7 cm³/mol. The molecule has 0 radical (unpaired) electrons. The Hall–Kier alpha value is -1.40. The largest absolute Gasteiger partial charge is 0.341 e. The van der Waals surface area contributed by atoms with Crippen LogP contribution in [-0.4, -0.2) is 45.6 Å². The van der Waals surface area contributed by atoms with Crippen molar-refractivity contribution in [1.29, 1.82) is 0 Å². The second-order valence-electron chi connectivity index (χ2n) is 6.98. The number of benzene rings is 1. The van der Waals surface area contributed by atoms with Crippen LogP contribution in [0.25, 0.3) is 0 Å². The molecule has 3 rings (SSSR count). The van der Waals surface area contributed by atoms with Crippen molar-refractivity contribution in [2.75, 3.05) is 26.4 Å². The molecular formula is C17H24N2O3S. The van der Waals surface area contributed by atoms with E-state index in [9.17, 15) is 13.2 Å². The summed E-state index contributed by atoms with van der Waals surface area (Å²) in [6.45, 7) is 2.55. The van der Waals surface area contributed by atoms with Gasteiger partial charge in [-0.3, -0.25) is 4.79 Å². The molecule has 5 nitrogen and oxygen atoms in total. The Morgan fingerprint density at radius 1 is 1.26 bits per heavy atom. The number of hydrogen-bond donors (Lipinski definition) is 1. The van der Waals surface area contributed by atoms with Crippen molar-refractivity contribution in [3.05, 3.63) is 29.8 Å². The molecule has 1 spiro atoms. The highest BCUT2D eigenvalue weighted by Crippen LogP contribution is 2.59. The van der Waals surface area contributed by atoms with Crippen molar-refractivity contribution < 1.29 is 13.2 Å². The van der Waals surface area contributed by atoms with Crippen LogP contribution in [0, 0.1) is 11.3 Å². The predicted octanol–water partition coefficient (Wildman–Crippen LogP) is 1.44. The highest BCUT2D eigenvalue weighted by atomic mass is 32.2. The SMILES string of the molecule is CN(Cc1ccc(S(C)(=O)=O)cc1)C(=O)C1CC12CCNCC2. The molecule has 1 unspecified atom stereocenters. The monoisotopic (exact) mass is 336 g/mol. The van der Waals surface area contributed by atoms with Crippen LogP contribution in [0.3, 0.4) is 0 Å². The molecule has 0 bridgehead atoms. The average molecular weight is 336 g/mol. The van der Waals surface area contributed by atoms with Gasteiger partial charge in [0.15, 0.2) is 9.84 Å². The first-order valence-electron chi connectivity index (χ1n) is 8.07. The number of piperidine rings is 1. The van der Waals surface area contributed by atoms with E-state index in [2.05, 4.69) is 5.32 Å². The number of nitrogens with zero attached hydrogens (tertiary/aromatic N) is 1. The summed E-state index contributed by atoms with van der Waals surface area (Å²) < 4.78 is 22.9. The minimum Gasteiger partial charge on any atom is -0.341 e. The van der Waals surface area contributed by atoms with E-state index in [1.165, 1.54) is 6.26 Å². The summed E-state index contributed by atoms with van der Waals surface area (Å²) >= 11 is 0. The molecular weight excluding hydrogens is 312 g/mol. The standard InChI is InChI=1S/C17H24N2O3S/c1-19(12-13-3-5-14(6-4-13)23(2,21)22)16(20)15-11-17(15)7-9-18-10-8-17/h3-6,15,18H,7-12H2,1-2H3. The Morgan fingerprint density at radius 3 is 2.43 bits per heavy atom. The van der Waals surface area contributed by atoms with E-state index in [0.29, 0.717) is 11.4 Å². The van der Waals surface area contributed by atoms with Gasteiger partial charge in [0.2, 0.25) is 5.91 Å². The van der Waals surface area contributed by atoms with E-state index in [4.69, 9.17) is 0 Å². The average Bonchev–Trinajstić information content (AvgIpc) is 3.20. The molecule has 23 heavy (non-hydrogen) atoms. The lowest BCUT2D eigenvalue weighted by Gasteiger charge is -2.25. The zero-order valence-corrected chi connectivity index (χ0v) is 14.5. The van der Waals surface area contributed by atoms with Crippen molar-refractivity contribution in [3.63, 3.8) is 0 Å². The van der Waals surface area contributed by atoms with Gasteiger partial charge >= 0.3 is 0 Å². The lowest BCUT2D eigenvalue weighted by molar-refractivity contribution is -0.132. The minimum atomic E-state index is -3.17. The molecule has 2 aliphatic rings. The van der Waals surface area contributed by atoms with Crippen molar-refractivity contribution in [2.45, 2.75) is 30.7 Å². The summed E-state index contributed by atoms with van der Waals surface area (Å²) in [5.74, 6) is 0.393. The fourth-order valence-corrected chi connectivity index (χ4v) is 4.26. The van der Waals surface area contributed by atoms with Gasteiger partial charge in [-0.05, 0) is 55.5 Å². The van der Waals surface area contributed by atoms with Crippen LogP contribution in [0.4, 0.5) is 0 Å². The summed E-state index contributed by atoms with van der Waals surface area (Å²) in [5, 5.41) is 3.35. The summed E-state index contributed by atoms with van der Waals surface area (Å²) in [6, 6.07) is 6.78. The Balaban J connectivity index is 1.61. The van der Waals surface area contributed by atoms with Gasteiger partial charge in [0.1, 0.15) is 0 Å². The number of carbonyl (C=O) groups excluding carboxylic acids is 1. The van der Waals surface area contributed by atoms with Gasteiger partial charge in [0.25, 0.3) is 0 Å². The maximum atomic E-state index is 12.6. The molecule has 1 heterocycles. The van der Waals surface area contributed by atoms with E-state index in [1.54, 1.807) is 29.2 Å². The Kier molecular flexibility index (Phi) is 4.23. The molecule has 126 valence electrons. The first-order valence-corrected chi connectivity index (χ1v) is 9.96. The number of nitrogens with one attached hydrogen (secondary N) is 1. The maximum absolute atomic E-state index is 12.6. The summed E-state index contributed by atoms with van der Waals surface area (Å²) in [7, 11) is -1.34. The normalized spacial score (nSPS) is 22.8. The lowest BCUT2D eigenvalue weighted by atomic mass is 9.91. The molecule has 1 N–H and O–H groups in total. The third-order valence-electron chi connectivity index (χ3n) is 5.23. The molecule has 1 amide bonds. The van der Waals surface area contributed by atoms with Crippen molar-refractivity contribution in [2.24, 2.45) is 11.3 Å². The molecule has 1 aromatic rings. The third kappa shape index (κ3) is 3.43. The number of amides is 1. The molecule has 1 saturated carbocycles. The van der Waals surface area contributed by atoms with Crippen molar-refractivity contribution in [3.8, 4) is 0 Å². The van der Waals surface area contributed by atoms with E-state index in [1.807, 2.05) is 7.05 Å². The molecule has 0 aromatic heterocycles. The van der Waals surface area contributed by atoms with Gasteiger partial charge in [-0.1, -0.05) is 12.1 Å². The fourth-order valence-electron chi connectivity index (χ4n) is 3.63. The quantitative estimate of drug-likeness (QED) is 0.903. The Bertz CT molecular complexity index is 691. The van der Waals surface area contributed by atoms with Crippen LogP contribution < -0.4 is 5.32 Å². The maximum Gasteiger partial charge on any atom is 0.226 e. The van der Waals surface area contributed by atoms with Gasteiger partial charge in [-0.15, -0.1) is 0 Å². The smallest absolute Gasteiger partial charge is 0.226 e. The fraction of sp³-hybridized carbons (Fsp3) is 0.588. The first kappa shape index (κ1) is 16.5. The van der Waals surface area contributed by atoms with Crippen LogP contribution in [0.2, 0.25) is 0 Å². The van der Waals surface area contributed by atoms with E-state index in [0.717, 1.165) is 37.9 Å². The van der Waals surface area contributed by atoms with Crippen LogP contribution in [0.5, 0.6) is 0 Å². The molecule has 1 saturated heterocycles. The third-order valence-corrected chi connectivity index (χ3v) is 6.36. The molecule has 1 aliphatic heterocycles. The molecule has 6 heteroatoms. The number of rotatable bonds is 4. The first-order chi connectivity index (χ1) is 10.8. The summed E-state index contributed by atoms with van der Waals surface area (Å²) in [4.78, 5) is 14.7. The topological polar surface area (TPSA) is 66.5 Å². The highest BCUT2D eigenvalue weighted by Gasteiger charge is 2.58. The van der Waals surface area contributed by atoms with Gasteiger partial charge < -0.3 is 10.2 Å². The molecule has 1 atom stereocenters. The highest BCUT2D eigenvalue weighted by molar-refractivity contribution is 7.90. The van der Waals surface area contributed by atoms with Crippen molar-refractivity contribution >= 4 is 15.7 Å². The van der Waals surface area contributed by atoms with Gasteiger partial charge in [-0.2, -0.15) is 0 Å². The second kappa shape index (κ2) is 5.91. The summed E-state index contributed by atoms with van der Waals surface area (Å²) in [6.07, 6.45) is 4.41. The van der Waals surface area contributed by atoms with Crippen molar-refractivity contribution in [1.82, 2.24) is 10.2 Å². The van der Waals surface area contributed by atoms with Crippen LogP contribution >= 0.6 is 0 Å². The number of sulfone groups is 1. The van der Waals surface area contributed by atoms with Crippen LogP contribution in [0.1, 0.15) is 24.8 Å². The Morgan fingerprint density at radius 2 is 1.87 bits per heavy atom. The molecule has 2 fully saturated rings. The lowest BCUT2D eigenvalue weighted by Crippen LogP contribution is -2.34. The number of carbonyl (C=O) groups is 1. The van der Waals surface area contributed by atoms with Gasteiger partial charge in [0.05, 0.1) is 4.90 Å². The summed E-state index contributed by atoms with van der Waals surface area (Å²) in [5.41, 5.74) is 1.20. The van der Waals surface area contributed by atoms with Gasteiger partial charge in [-0.25, -0.2) is 8.42 Å². The Labute approximate surface area is 138 Å². The van der Waals surface area contributed by atoms with E-state index in [-0.39, 0.29) is 17.2 Å². The minimum absolute atomic E-state index is 0.171. The van der Waals surface area contributed by atoms with Crippen LogP contribution in [-0.2, 0) is 21.2 Å². The number of hydrogen-bond acceptors (Lipinski definition) is 4. The van der Waals surface area contributed by atoms with E-state index < -0.39 is 9.84 Å². The molecule has 1 aliphatic carbocycles. The van der Waals surface area contributed by atoms with E-state index >= 15 is 0 Å². The van der Waals surface area contributed by atoms with Crippen LogP contribution in [0.15, 0.2) is 29.2 Å². The zero-order valence-electron chi connectivity index (χ0n) is 13.7. The molecule has 1 aromatic carbocycles. The van der Waals surface area contributed by atoms with Gasteiger partial charge in [0, 0.05) is 25.8 Å². The zero-order chi connectivity index (χ0) is 16.7.